The summed E-state index contributed by atoms with van der Waals surface area (Å²) in [5, 5.41) is 2.95. The van der Waals surface area contributed by atoms with Crippen LogP contribution in [-0.2, 0) is 17.1 Å². The van der Waals surface area contributed by atoms with Gasteiger partial charge in [-0.3, -0.25) is 14.7 Å². The highest BCUT2D eigenvalue weighted by Crippen LogP contribution is 2.17. The highest BCUT2D eigenvalue weighted by Gasteiger charge is 2.10. The van der Waals surface area contributed by atoms with Crippen LogP contribution in [0, 0.1) is 0 Å². The molecule has 3 rings (SSSR count). The minimum absolute atomic E-state index is 0.0643. The Morgan fingerprint density at radius 3 is 2.86 bits per heavy atom. The second-order valence-corrected chi connectivity index (χ2v) is 8.34. The van der Waals surface area contributed by atoms with Gasteiger partial charge >= 0.3 is 0 Å². The molecule has 0 aliphatic carbocycles. The van der Waals surface area contributed by atoms with E-state index in [0.29, 0.717) is 18.9 Å². The summed E-state index contributed by atoms with van der Waals surface area (Å²) in [7, 11) is 0. The molecule has 0 bridgehead atoms. The van der Waals surface area contributed by atoms with Crippen LogP contribution in [0.4, 0.5) is 0 Å². The average molecular weight is 414 g/mol. The second kappa shape index (κ2) is 12.5. The number of ether oxygens (including phenoxy) is 1. The first-order valence-corrected chi connectivity index (χ1v) is 11.6. The van der Waals surface area contributed by atoms with E-state index in [2.05, 4.69) is 33.4 Å². The van der Waals surface area contributed by atoms with Gasteiger partial charge in [0, 0.05) is 25.0 Å². The minimum Gasteiger partial charge on any atom is -0.494 e. The van der Waals surface area contributed by atoms with Crippen molar-refractivity contribution in [3.63, 3.8) is 0 Å². The third-order valence-corrected chi connectivity index (χ3v) is 5.84. The van der Waals surface area contributed by atoms with Crippen molar-refractivity contribution < 1.29 is 9.53 Å². The number of carbonyl (C=O) groups excluding carboxylic acids is 1. The number of rotatable bonds is 11. The molecule has 1 amide bonds. The lowest BCUT2D eigenvalue weighted by atomic mass is 10.1. The van der Waals surface area contributed by atoms with Gasteiger partial charge in [-0.25, -0.2) is 0 Å². The number of thioether (sulfide) groups is 1. The molecule has 0 spiro atoms. The molecular formula is C23H31N3O2S. The number of benzene rings is 1. The summed E-state index contributed by atoms with van der Waals surface area (Å²) in [6, 6.07) is 14.2. The van der Waals surface area contributed by atoms with Crippen LogP contribution >= 0.6 is 11.8 Å². The fraction of sp³-hybridized carbons (Fsp3) is 0.478. The lowest BCUT2D eigenvalue weighted by Crippen LogP contribution is -2.29. The van der Waals surface area contributed by atoms with Gasteiger partial charge in [0.05, 0.1) is 18.1 Å². The summed E-state index contributed by atoms with van der Waals surface area (Å²) in [6.07, 6.45) is 6.55. The number of amides is 1. The monoisotopic (exact) mass is 413 g/mol. The predicted molar refractivity (Wildman–Crippen MR) is 119 cm³/mol. The van der Waals surface area contributed by atoms with Crippen LogP contribution in [-0.4, -0.2) is 47.8 Å². The highest BCUT2D eigenvalue weighted by molar-refractivity contribution is 7.99. The molecule has 0 radical (unpaired) electrons. The number of nitrogens with zero attached hydrogens (tertiary/aromatic N) is 2. The molecule has 1 aromatic carbocycles. The van der Waals surface area contributed by atoms with Gasteiger partial charge in [0.2, 0.25) is 5.91 Å². The fourth-order valence-electron chi connectivity index (χ4n) is 3.38. The lowest BCUT2D eigenvalue weighted by molar-refractivity contribution is -0.118. The van der Waals surface area contributed by atoms with E-state index >= 15 is 0 Å². The summed E-state index contributed by atoms with van der Waals surface area (Å²) < 4.78 is 5.87. The molecule has 1 saturated heterocycles. The number of aromatic nitrogens is 1. The number of pyridine rings is 1. The molecule has 1 fully saturated rings. The van der Waals surface area contributed by atoms with Crippen LogP contribution in [0.2, 0.25) is 0 Å². The van der Waals surface area contributed by atoms with Gasteiger partial charge < -0.3 is 10.1 Å². The van der Waals surface area contributed by atoms with Gasteiger partial charge in [-0.05, 0) is 62.2 Å². The van der Waals surface area contributed by atoms with Gasteiger partial charge in [0.1, 0.15) is 5.75 Å². The third-order valence-electron chi connectivity index (χ3n) is 4.87. The average Bonchev–Trinajstić information content (AvgIpc) is 2.75. The van der Waals surface area contributed by atoms with E-state index in [1.807, 2.05) is 24.3 Å². The number of likely N-dealkylation sites (tertiary alicyclic amines) is 1. The molecule has 1 aromatic heterocycles. The van der Waals surface area contributed by atoms with Gasteiger partial charge in [0.25, 0.3) is 0 Å². The van der Waals surface area contributed by atoms with E-state index in [1.165, 1.54) is 37.9 Å². The van der Waals surface area contributed by atoms with Crippen LogP contribution in [0.1, 0.15) is 36.9 Å². The summed E-state index contributed by atoms with van der Waals surface area (Å²) in [5.74, 6) is 2.19. The second-order valence-electron chi connectivity index (χ2n) is 7.35. The van der Waals surface area contributed by atoms with Crippen molar-refractivity contribution in [3.05, 3.63) is 59.9 Å². The zero-order chi connectivity index (χ0) is 20.2. The van der Waals surface area contributed by atoms with Crippen molar-refractivity contribution in [1.82, 2.24) is 15.2 Å². The molecule has 6 heteroatoms. The molecule has 29 heavy (non-hydrogen) atoms. The molecule has 5 nitrogen and oxygen atoms in total. The van der Waals surface area contributed by atoms with Crippen LogP contribution in [0.5, 0.6) is 5.75 Å². The molecule has 2 aromatic rings. The van der Waals surface area contributed by atoms with E-state index in [4.69, 9.17) is 4.74 Å². The van der Waals surface area contributed by atoms with Crippen molar-refractivity contribution >= 4 is 17.7 Å². The van der Waals surface area contributed by atoms with Crippen LogP contribution in [0.25, 0.3) is 0 Å². The number of carbonyl (C=O) groups is 1. The molecular weight excluding hydrogens is 382 g/mol. The number of piperidine rings is 1. The Balaban J connectivity index is 1.26. The maximum absolute atomic E-state index is 11.9. The minimum atomic E-state index is 0.0643. The third kappa shape index (κ3) is 8.46. The molecule has 156 valence electrons. The summed E-state index contributed by atoms with van der Waals surface area (Å²) in [5.41, 5.74) is 2.31. The van der Waals surface area contributed by atoms with Gasteiger partial charge in [-0.1, -0.05) is 24.6 Å². The standard InChI is InChI=1S/C23H31N3O2S/c27-23(19-29-18-21-9-2-3-11-24-21)25-12-7-15-28-22-10-6-8-20(16-22)17-26-13-4-1-5-14-26/h2-3,6,8-11,16H,1,4-5,7,12-15,17-19H2,(H,25,27). The van der Waals surface area contributed by atoms with E-state index in [9.17, 15) is 4.79 Å². The van der Waals surface area contributed by atoms with Crippen molar-refractivity contribution in [2.45, 2.75) is 38.0 Å². The SMILES string of the molecule is O=C(CSCc1ccccn1)NCCCOc1cccc(CN2CCCCC2)c1. The molecule has 0 saturated carbocycles. The number of nitrogens with one attached hydrogen (secondary N) is 1. The van der Waals surface area contributed by atoms with Gasteiger partial charge in [-0.15, -0.1) is 11.8 Å². The Bertz CT molecular complexity index is 736. The largest absolute Gasteiger partial charge is 0.494 e. The highest BCUT2D eigenvalue weighted by atomic mass is 32.2. The van der Waals surface area contributed by atoms with Crippen LogP contribution in [0.15, 0.2) is 48.7 Å². The fourth-order valence-corrected chi connectivity index (χ4v) is 4.15. The Hall–Kier alpha value is -2.05. The molecule has 1 aliphatic rings. The van der Waals surface area contributed by atoms with E-state index < -0.39 is 0 Å². The molecule has 0 atom stereocenters. The summed E-state index contributed by atoms with van der Waals surface area (Å²) in [6.45, 7) is 4.64. The molecule has 1 aliphatic heterocycles. The van der Waals surface area contributed by atoms with Crippen molar-refractivity contribution in [3.8, 4) is 5.75 Å². The van der Waals surface area contributed by atoms with Crippen LogP contribution in [0.3, 0.4) is 0 Å². The first kappa shape index (κ1) is 21.7. The normalized spacial score (nSPS) is 14.5. The summed E-state index contributed by atoms with van der Waals surface area (Å²) >= 11 is 1.58. The van der Waals surface area contributed by atoms with Crippen molar-refractivity contribution in [2.24, 2.45) is 0 Å². The van der Waals surface area contributed by atoms with Crippen molar-refractivity contribution in [2.75, 3.05) is 32.0 Å². The van der Waals surface area contributed by atoms with E-state index in [-0.39, 0.29) is 5.91 Å². The molecule has 2 heterocycles. The Kier molecular flexibility index (Phi) is 9.33. The Morgan fingerprint density at radius 1 is 1.14 bits per heavy atom. The van der Waals surface area contributed by atoms with Crippen molar-refractivity contribution in [1.29, 1.82) is 0 Å². The molecule has 0 unspecified atom stereocenters. The summed E-state index contributed by atoms with van der Waals surface area (Å²) in [4.78, 5) is 18.7. The Labute approximate surface area is 178 Å². The Morgan fingerprint density at radius 2 is 2.03 bits per heavy atom. The zero-order valence-electron chi connectivity index (χ0n) is 17.0. The number of hydrogen-bond acceptors (Lipinski definition) is 5. The lowest BCUT2D eigenvalue weighted by Gasteiger charge is -2.26. The maximum Gasteiger partial charge on any atom is 0.230 e. The van der Waals surface area contributed by atoms with E-state index in [0.717, 1.165) is 30.2 Å². The van der Waals surface area contributed by atoms with Gasteiger partial charge in [-0.2, -0.15) is 0 Å². The first-order chi connectivity index (χ1) is 14.3. The topological polar surface area (TPSA) is 54.5 Å². The maximum atomic E-state index is 11.9. The smallest absolute Gasteiger partial charge is 0.230 e. The zero-order valence-corrected chi connectivity index (χ0v) is 17.8. The van der Waals surface area contributed by atoms with Crippen LogP contribution < -0.4 is 10.1 Å². The molecule has 1 N–H and O–H groups in total. The number of hydrogen-bond donors (Lipinski definition) is 1. The quantitative estimate of drug-likeness (QED) is 0.567. The predicted octanol–water partition coefficient (Wildman–Crippen LogP) is 3.89. The van der Waals surface area contributed by atoms with E-state index in [1.54, 1.807) is 18.0 Å². The first-order valence-electron chi connectivity index (χ1n) is 10.5. The van der Waals surface area contributed by atoms with Gasteiger partial charge in [0.15, 0.2) is 0 Å².